The first kappa shape index (κ1) is 16.7. The van der Waals surface area contributed by atoms with Gasteiger partial charge in [-0.15, -0.1) is 0 Å². The van der Waals surface area contributed by atoms with Crippen molar-refractivity contribution in [3.8, 4) is 11.3 Å². The van der Waals surface area contributed by atoms with Crippen LogP contribution >= 0.6 is 0 Å². The second-order valence-electron chi connectivity index (χ2n) is 5.81. The minimum atomic E-state index is -0.729. The summed E-state index contributed by atoms with van der Waals surface area (Å²) in [5, 5.41) is 5.02. The van der Waals surface area contributed by atoms with Gasteiger partial charge in [-0.25, -0.2) is 18.6 Å². The third-order valence-corrected chi connectivity index (χ3v) is 3.99. The number of urea groups is 1. The summed E-state index contributed by atoms with van der Waals surface area (Å²) in [6, 6.07) is 17.0. The van der Waals surface area contributed by atoms with Gasteiger partial charge in [0.1, 0.15) is 28.8 Å². The number of imidazole rings is 1. The SMILES string of the molecule is O=C(Nc1cc(F)ccc1F)Nc1c(-c2ccccc2)nc2ccccn12. The molecular formula is C20H14F2N4O. The quantitative estimate of drug-likeness (QED) is 0.542. The maximum Gasteiger partial charge on any atom is 0.324 e. The summed E-state index contributed by atoms with van der Waals surface area (Å²) in [5.41, 5.74) is 1.77. The van der Waals surface area contributed by atoms with E-state index in [-0.39, 0.29) is 5.69 Å². The number of hydrogen-bond donors (Lipinski definition) is 2. The number of fused-ring (bicyclic) bond motifs is 1. The van der Waals surface area contributed by atoms with Gasteiger partial charge < -0.3 is 5.32 Å². The minimum absolute atomic E-state index is 0.248. The maximum absolute atomic E-state index is 13.8. The minimum Gasteiger partial charge on any atom is -0.305 e. The third kappa shape index (κ3) is 3.35. The molecule has 7 heteroatoms. The van der Waals surface area contributed by atoms with Crippen molar-refractivity contribution in [3.05, 3.63) is 84.6 Å². The molecule has 0 radical (unpaired) electrons. The van der Waals surface area contributed by atoms with Crippen molar-refractivity contribution in [3.63, 3.8) is 0 Å². The Morgan fingerprint density at radius 2 is 1.70 bits per heavy atom. The molecule has 0 spiro atoms. The fourth-order valence-electron chi connectivity index (χ4n) is 2.77. The van der Waals surface area contributed by atoms with Crippen LogP contribution in [0.25, 0.3) is 16.9 Å². The number of carbonyl (C=O) groups excluding carboxylic acids is 1. The van der Waals surface area contributed by atoms with Gasteiger partial charge in [0.25, 0.3) is 0 Å². The van der Waals surface area contributed by atoms with Crippen LogP contribution in [0.5, 0.6) is 0 Å². The first-order chi connectivity index (χ1) is 13.1. The standard InChI is InChI=1S/C20H14F2N4O/c21-14-9-10-15(22)16(12-14)23-20(27)25-19-18(13-6-2-1-3-7-13)24-17-8-4-5-11-26(17)19/h1-12H,(H2,23,25,27). The van der Waals surface area contributed by atoms with Crippen LogP contribution in [0.3, 0.4) is 0 Å². The second-order valence-corrected chi connectivity index (χ2v) is 5.81. The average molecular weight is 364 g/mol. The van der Waals surface area contributed by atoms with Gasteiger partial charge in [-0.05, 0) is 24.3 Å². The van der Waals surface area contributed by atoms with Crippen molar-refractivity contribution in [1.29, 1.82) is 0 Å². The van der Waals surface area contributed by atoms with Crippen LogP contribution in [0.4, 0.5) is 25.1 Å². The summed E-state index contributed by atoms with van der Waals surface area (Å²) in [5.74, 6) is -0.953. The number of carbonyl (C=O) groups is 1. The van der Waals surface area contributed by atoms with E-state index in [0.717, 1.165) is 23.8 Å². The molecule has 2 aromatic carbocycles. The molecule has 2 heterocycles. The van der Waals surface area contributed by atoms with Crippen molar-refractivity contribution >= 4 is 23.2 Å². The van der Waals surface area contributed by atoms with Crippen molar-refractivity contribution in [2.24, 2.45) is 0 Å². The number of rotatable bonds is 3. The smallest absolute Gasteiger partial charge is 0.305 e. The molecule has 0 aliphatic heterocycles. The Morgan fingerprint density at radius 3 is 2.52 bits per heavy atom. The molecule has 0 saturated heterocycles. The molecule has 2 N–H and O–H groups in total. The molecule has 4 rings (SSSR count). The van der Waals surface area contributed by atoms with E-state index in [1.165, 1.54) is 0 Å². The van der Waals surface area contributed by atoms with Crippen LogP contribution in [0.2, 0.25) is 0 Å². The number of nitrogens with zero attached hydrogens (tertiary/aromatic N) is 2. The number of benzene rings is 2. The Kier molecular flexibility index (Phi) is 4.25. The van der Waals surface area contributed by atoms with Gasteiger partial charge in [-0.1, -0.05) is 36.4 Å². The van der Waals surface area contributed by atoms with E-state index < -0.39 is 17.7 Å². The van der Waals surface area contributed by atoms with E-state index in [1.807, 2.05) is 42.5 Å². The summed E-state index contributed by atoms with van der Waals surface area (Å²) in [4.78, 5) is 17.0. The molecule has 2 aromatic heterocycles. The van der Waals surface area contributed by atoms with E-state index in [1.54, 1.807) is 16.7 Å². The molecule has 2 amide bonds. The van der Waals surface area contributed by atoms with E-state index in [9.17, 15) is 13.6 Å². The van der Waals surface area contributed by atoms with Gasteiger partial charge in [-0.3, -0.25) is 9.72 Å². The first-order valence-electron chi connectivity index (χ1n) is 8.17. The highest BCUT2D eigenvalue weighted by Crippen LogP contribution is 2.28. The molecule has 0 atom stereocenters. The highest BCUT2D eigenvalue weighted by molar-refractivity contribution is 6.01. The van der Waals surface area contributed by atoms with Gasteiger partial charge in [-0.2, -0.15) is 0 Å². The van der Waals surface area contributed by atoms with Gasteiger partial charge in [0.15, 0.2) is 0 Å². The topological polar surface area (TPSA) is 58.4 Å². The Labute approximate surface area is 153 Å². The molecule has 4 aromatic rings. The molecule has 0 aliphatic carbocycles. The van der Waals surface area contributed by atoms with E-state index in [2.05, 4.69) is 15.6 Å². The Balaban J connectivity index is 1.70. The Hall–Kier alpha value is -3.74. The predicted octanol–water partition coefficient (Wildman–Crippen LogP) is 4.92. The fourth-order valence-corrected chi connectivity index (χ4v) is 2.77. The molecule has 0 saturated carbocycles. The molecule has 0 fully saturated rings. The van der Waals surface area contributed by atoms with E-state index in [4.69, 9.17) is 0 Å². The van der Waals surface area contributed by atoms with Gasteiger partial charge in [0, 0.05) is 17.8 Å². The third-order valence-electron chi connectivity index (χ3n) is 3.99. The predicted molar refractivity (Wildman–Crippen MR) is 99.6 cm³/mol. The zero-order valence-electron chi connectivity index (χ0n) is 14.0. The Morgan fingerprint density at radius 1 is 0.926 bits per heavy atom. The van der Waals surface area contributed by atoms with Crippen LogP contribution in [0, 0.1) is 11.6 Å². The van der Waals surface area contributed by atoms with Crippen molar-refractivity contribution < 1.29 is 13.6 Å². The number of anilines is 2. The maximum atomic E-state index is 13.8. The summed E-state index contributed by atoms with van der Waals surface area (Å²) in [6.45, 7) is 0. The summed E-state index contributed by atoms with van der Waals surface area (Å²) in [6.07, 6.45) is 1.76. The molecule has 134 valence electrons. The van der Waals surface area contributed by atoms with Crippen molar-refractivity contribution in [1.82, 2.24) is 9.38 Å². The monoisotopic (exact) mass is 364 g/mol. The number of amides is 2. The van der Waals surface area contributed by atoms with Crippen LogP contribution in [-0.2, 0) is 0 Å². The van der Waals surface area contributed by atoms with Crippen LogP contribution < -0.4 is 10.6 Å². The molecule has 0 aliphatic rings. The number of pyridine rings is 1. The van der Waals surface area contributed by atoms with Crippen LogP contribution in [0.1, 0.15) is 0 Å². The first-order valence-corrected chi connectivity index (χ1v) is 8.17. The zero-order valence-corrected chi connectivity index (χ0v) is 14.0. The lowest BCUT2D eigenvalue weighted by Crippen LogP contribution is -2.21. The van der Waals surface area contributed by atoms with Crippen molar-refractivity contribution in [2.45, 2.75) is 0 Å². The molecule has 5 nitrogen and oxygen atoms in total. The number of halogens is 2. The van der Waals surface area contributed by atoms with Crippen molar-refractivity contribution in [2.75, 3.05) is 10.6 Å². The summed E-state index contributed by atoms with van der Waals surface area (Å²) >= 11 is 0. The lowest BCUT2D eigenvalue weighted by molar-refractivity contribution is 0.262. The molecular weight excluding hydrogens is 350 g/mol. The lowest BCUT2D eigenvalue weighted by Gasteiger charge is -2.10. The molecule has 0 bridgehead atoms. The summed E-state index contributed by atoms with van der Waals surface area (Å²) in [7, 11) is 0. The zero-order chi connectivity index (χ0) is 18.8. The van der Waals surface area contributed by atoms with Crippen LogP contribution in [-0.4, -0.2) is 15.4 Å². The van der Waals surface area contributed by atoms with Gasteiger partial charge in [0.2, 0.25) is 0 Å². The summed E-state index contributed by atoms with van der Waals surface area (Å²) < 4.78 is 28.8. The highest BCUT2D eigenvalue weighted by Gasteiger charge is 2.17. The largest absolute Gasteiger partial charge is 0.324 e. The van der Waals surface area contributed by atoms with Crippen LogP contribution in [0.15, 0.2) is 72.9 Å². The van der Waals surface area contributed by atoms with E-state index in [0.29, 0.717) is 17.2 Å². The molecule has 27 heavy (non-hydrogen) atoms. The average Bonchev–Trinajstić information content (AvgIpc) is 3.04. The van der Waals surface area contributed by atoms with Gasteiger partial charge >= 0.3 is 6.03 Å². The Bertz CT molecular complexity index is 1130. The van der Waals surface area contributed by atoms with Gasteiger partial charge in [0.05, 0.1) is 5.69 Å². The lowest BCUT2D eigenvalue weighted by atomic mass is 10.1. The fraction of sp³-hybridized carbons (Fsp3) is 0. The number of hydrogen-bond acceptors (Lipinski definition) is 2. The normalized spacial score (nSPS) is 10.7. The second kappa shape index (κ2) is 6.87. The number of aromatic nitrogens is 2. The van der Waals surface area contributed by atoms with E-state index >= 15 is 0 Å². The number of nitrogens with one attached hydrogen (secondary N) is 2. The highest BCUT2D eigenvalue weighted by atomic mass is 19.1. The molecule has 0 unspecified atom stereocenters.